The number of carbonyl (C=O) groups is 1. The van der Waals surface area contributed by atoms with Crippen LogP contribution >= 0.6 is 0 Å². The van der Waals surface area contributed by atoms with Crippen molar-refractivity contribution in [1.29, 1.82) is 0 Å². The first-order valence-electron chi connectivity index (χ1n) is 11.3. The van der Waals surface area contributed by atoms with E-state index >= 15 is 0 Å². The molecule has 0 aromatic heterocycles. The average Bonchev–Trinajstić information content (AvgIpc) is 3.25. The third-order valence-electron chi connectivity index (χ3n) is 9.84. The maximum Gasteiger partial charge on any atom is 0.155 e. The number of aliphatic hydroxyl groups is 1. The van der Waals surface area contributed by atoms with E-state index in [2.05, 4.69) is 19.1 Å². The van der Waals surface area contributed by atoms with Crippen LogP contribution in [0.5, 0.6) is 0 Å². The molecule has 27 heavy (non-hydrogen) atoms. The van der Waals surface area contributed by atoms with Gasteiger partial charge in [0, 0.05) is 24.4 Å². The van der Waals surface area contributed by atoms with Crippen LogP contribution in [0.15, 0.2) is 23.8 Å². The van der Waals surface area contributed by atoms with Gasteiger partial charge < -0.3 is 9.84 Å². The Balaban J connectivity index is 1.42. The van der Waals surface area contributed by atoms with E-state index in [1.165, 1.54) is 31.3 Å². The van der Waals surface area contributed by atoms with Crippen LogP contribution in [0, 0.1) is 46.8 Å². The van der Waals surface area contributed by atoms with Crippen molar-refractivity contribution in [2.75, 3.05) is 13.2 Å². The summed E-state index contributed by atoms with van der Waals surface area (Å²) >= 11 is 0. The number of ketones is 1. The van der Waals surface area contributed by atoms with E-state index in [9.17, 15) is 9.90 Å². The molecule has 1 aliphatic heterocycles. The molecule has 0 amide bonds. The van der Waals surface area contributed by atoms with Crippen LogP contribution in [-0.2, 0) is 9.53 Å². The minimum Gasteiger partial charge on any atom is -0.396 e. The van der Waals surface area contributed by atoms with Crippen LogP contribution in [0.2, 0.25) is 0 Å². The third-order valence-corrected chi connectivity index (χ3v) is 9.84. The predicted molar refractivity (Wildman–Crippen MR) is 103 cm³/mol. The number of carbonyl (C=O) groups excluding carboxylic acids is 1. The van der Waals surface area contributed by atoms with Gasteiger partial charge in [-0.2, -0.15) is 0 Å². The summed E-state index contributed by atoms with van der Waals surface area (Å²) in [5.41, 5.74) is 1.62. The molecule has 0 aromatic rings. The van der Waals surface area contributed by atoms with Crippen LogP contribution in [0.4, 0.5) is 0 Å². The number of fused-ring (bicyclic) bond motifs is 9. The van der Waals surface area contributed by atoms with Crippen LogP contribution in [0.3, 0.4) is 0 Å². The molecule has 3 nitrogen and oxygen atoms in total. The molecule has 0 aromatic carbocycles. The van der Waals surface area contributed by atoms with Gasteiger partial charge in [-0.15, -0.1) is 0 Å². The lowest BCUT2D eigenvalue weighted by atomic mass is 9.46. The lowest BCUT2D eigenvalue weighted by Gasteiger charge is -2.59. The van der Waals surface area contributed by atoms with Crippen LogP contribution in [0.25, 0.3) is 0 Å². The molecule has 6 unspecified atom stereocenters. The maximum absolute atomic E-state index is 12.1. The topological polar surface area (TPSA) is 46.5 Å². The molecule has 4 saturated carbocycles. The van der Waals surface area contributed by atoms with Crippen LogP contribution in [-0.4, -0.2) is 29.7 Å². The highest BCUT2D eigenvalue weighted by atomic mass is 16.5. The van der Waals surface area contributed by atoms with Gasteiger partial charge >= 0.3 is 0 Å². The van der Waals surface area contributed by atoms with Gasteiger partial charge in [-0.1, -0.05) is 24.6 Å². The smallest absolute Gasteiger partial charge is 0.155 e. The van der Waals surface area contributed by atoms with Crippen molar-refractivity contribution in [1.82, 2.24) is 0 Å². The molecule has 4 fully saturated rings. The van der Waals surface area contributed by atoms with Crippen LogP contribution in [0.1, 0.15) is 51.9 Å². The minimum absolute atomic E-state index is 0.00934. The second kappa shape index (κ2) is 5.57. The summed E-state index contributed by atoms with van der Waals surface area (Å²) in [6, 6.07) is 0. The van der Waals surface area contributed by atoms with Gasteiger partial charge in [0.1, 0.15) is 0 Å². The van der Waals surface area contributed by atoms with Gasteiger partial charge in [0.2, 0.25) is 0 Å². The molecule has 0 bridgehead atoms. The van der Waals surface area contributed by atoms with Crippen molar-refractivity contribution in [2.24, 2.45) is 46.8 Å². The zero-order chi connectivity index (χ0) is 18.4. The molecule has 9 atom stereocenters. The van der Waals surface area contributed by atoms with Gasteiger partial charge in [-0.3, -0.25) is 4.79 Å². The van der Waals surface area contributed by atoms with Crippen molar-refractivity contribution in [2.45, 2.75) is 57.5 Å². The first kappa shape index (κ1) is 17.0. The Bertz CT molecular complexity index is 738. The second-order valence-electron chi connectivity index (χ2n) is 10.3. The number of aliphatic hydroxyl groups excluding tert-OH is 1. The second-order valence-corrected chi connectivity index (χ2v) is 10.3. The Morgan fingerprint density at radius 1 is 1.22 bits per heavy atom. The van der Waals surface area contributed by atoms with Crippen molar-refractivity contribution in [3.63, 3.8) is 0 Å². The van der Waals surface area contributed by atoms with E-state index in [1.807, 2.05) is 6.08 Å². The normalized spacial score (nSPS) is 55.0. The predicted octanol–water partition coefficient (Wildman–Crippen LogP) is 3.92. The number of hydrogen-bond donors (Lipinski definition) is 1. The molecule has 1 heterocycles. The summed E-state index contributed by atoms with van der Waals surface area (Å²) in [6.45, 7) is 3.40. The molecular formula is C24H32O3. The molecule has 3 heteroatoms. The van der Waals surface area contributed by atoms with Gasteiger partial charge in [-0.05, 0) is 80.1 Å². The lowest BCUT2D eigenvalue weighted by Crippen LogP contribution is -2.56. The standard InChI is InChI=1S/C24H32O3/c1-2-23-8-6-17-16-5-4-15(26)11-18(16)14(13-25)10-19(17)22(23)20-12-21(20)24(23)7-3-9-27-24/h3,7,11,14,16-17,19-22,25H,2,4-6,8-10,12-13H2,1H3/t14-,16?,17?,19?,20+,21-,22?,23?,24?/m0/s1. The van der Waals surface area contributed by atoms with Gasteiger partial charge in [0.25, 0.3) is 0 Å². The van der Waals surface area contributed by atoms with Crippen molar-refractivity contribution < 1.29 is 14.6 Å². The zero-order valence-corrected chi connectivity index (χ0v) is 16.4. The summed E-state index contributed by atoms with van der Waals surface area (Å²) in [4.78, 5) is 12.1. The summed E-state index contributed by atoms with van der Waals surface area (Å²) in [5.74, 6) is 4.78. The van der Waals surface area contributed by atoms with Crippen LogP contribution < -0.4 is 0 Å². The minimum atomic E-state index is 0.00934. The fourth-order valence-corrected chi connectivity index (χ4v) is 9.00. The number of ether oxygens (including phenoxy) is 1. The van der Waals surface area contributed by atoms with E-state index < -0.39 is 0 Å². The largest absolute Gasteiger partial charge is 0.396 e. The first-order chi connectivity index (χ1) is 13.1. The first-order valence-corrected chi connectivity index (χ1v) is 11.3. The zero-order valence-electron chi connectivity index (χ0n) is 16.4. The monoisotopic (exact) mass is 368 g/mol. The molecule has 5 aliphatic carbocycles. The molecule has 0 saturated heterocycles. The fourth-order valence-electron chi connectivity index (χ4n) is 9.00. The summed E-state index contributed by atoms with van der Waals surface area (Å²) in [7, 11) is 0. The highest BCUT2D eigenvalue weighted by Crippen LogP contribution is 2.78. The Morgan fingerprint density at radius 3 is 2.85 bits per heavy atom. The van der Waals surface area contributed by atoms with Crippen molar-refractivity contribution in [3.05, 3.63) is 23.8 Å². The Morgan fingerprint density at radius 2 is 2.11 bits per heavy atom. The Hall–Kier alpha value is -0.930. The van der Waals surface area contributed by atoms with E-state index in [-0.39, 0.29) is 23.9 Å². The molecule has 6 rings (SSSR count). The van der Waals surface area contributed by atoms with E-state index in [1.54, 1.807) is 0 Å². The number of rotatable bonds is 2. The molecule has 1 spiro atoms. The van der Waals surface area contributed by atoms with Gasteiger partial charge in [0.15, 0.2) is 5.78 Å². The third kappa shape index (κ3) is 1.93. The highest BCUT2D eigenvalue weighted by Gasteiger charge is 2.77. The fraction of sp³-hybridized carbons (Fsp3) is 0.792. The lowest BCUT2D eigenvalue weighted by molar-refractivity contribution is -0.146. The Kier molecular flexibility index (Phi) is 3.50. The van der Waals surface area contributed by atoms with Crippen molar-refractivity contribution >= 4 is 5.78 Å². The van der Waals surface area contributed by atoms with E-state index in [4.69, 9.17) is 4.74 Å². The molecular weight excluding hydrogens is 336 g/mol. The molecule has 1 N–H and O–H groups in total. The summed E-state index contributed by atoms with van der Waals surface area (Å²) in [5, 5.41) is 10.2. The quantitative estimate of drug-likeness (QED) is 0.752. The molecule has 0 radical (unpaired) electrons. The van der Waals surface area contributed by atoms with Gasteiger partial charge in [0.05, 0.1) is 12.2 Å². The SMILES string of the molecule is CCC12CCC3C4CCC(=O)C=C4[C@H](CO)CC3C1[C@@H]1C[C@@H]1C21C=CCO1. The highest BCUT2D eigenvalue weighted by molar-refractivity contribution is 5.91. The summed E-state index contributed by atoms with van der Waals surface area (Å²) < 4.78 is 6.56. The van der Waals surface area contributed by atoms with Crippen molar-refractivity contribution in [3.8, 4) is 0 Å². The molecule has 146 valence electrons. The number of hydrogen-bond acceptors (Lipinski definition) is 3. The molecule has 6 aliphatic rings. The van der Waals surface area contributed by atoms with Gasteiger partial charge in [-0.25, -0.2) is 0 Å². The van der Waals surface area contributed by atoms with E-state index in [0.29, 0.717) is 23.7 Å². The summed E-state index contributed by atoms with van der Waals surface area (Å²) in [6.07, 6.45) is 14.6. The average molecular weight is 369 g/mol. The van der Waals surface area contributed by atoms with E-state index in [0.717, 1.165) is 43.1 Å². The maximum atomic E-state index is 12.1. The Labute approximate surface area is 162 Å².